The summed E-state index contributed by atoms with van der Waals surface area (Å²) in [4.78, 5) is 0. The van der Waals surface area contributed by atoms with E-state index in [0.717, 1.165) is 0 Å². The molecule has 0 amide bonds. The minimum atomic E-state index is 0. The van der Waals surface area contributed by atoms with Crippen molar-refractivity contribution in [2.45, 2.75) is 0 Å². The van der Waals surface area contributed by atoms with Crippen molar-refractivity contribution in [1.29, 1.82) is 0 Å². The van der Waals surface area contributed by atoms with Crippen LogP contribution < -0.4 is 0 Å². The average Bonchev–Trinajstić information content (AvgIpc) is 3.27. The van der Waals surface area contributed by atoms with Gasteiger partial charge in [-0.25, -0.2) is 0 Å². The van der Waals surface area contributed by atoms with Crippen LogP contribution in [0, 0.1) is 0 Å². The van der Waals surface area contributed by atoms with Gasteiger partial charge in [0.25, 0.3) is 0 Å². The van der Waals surface area contributed by atoms with Crippen LogP contribution in [0.3, 0.4) is 0 Å². The molecular formula is C56H44S2. The monoisotopic (exact) mass is 780 g/mol. The Morgan fingerprint density at radius 2 is 0.190 bits per heavy atom. The van der Waals surface area contributed by atoms with E-state index in [1.807, 2.05) is 0 Å². The van der Waals surface area contributed by atoms with Crippen LogP contribution >= 0.6 is 27.0 Å². The fraction of sp³-hybridized carbons (Fsp3) is 0. The van der Waals surface area contributed by atoms with E-state index in [0.29, 0.717) is 0 Å². The summed E-state index contributed by atoms with van der Waals surface area (Å²) >= 11 is 0. The van der Waals surface area contributed by atoms with Crippen molar-refractivity contribution >= 4 is 113 Å². The Morgan fingerprint density at radius 3 is 0.259 bits per heavy atom. The van der Waals surface area contributed by atoms with E-state index in [4.69, 9.17) is 0 Å². The zero-order chi connectivity index (χ0) is 37.5. The molecule has 2 heteroatoms. The summed E-state index contributed by atoms with van der Waals surface area (Å²) in [5.74, 6) is 0. The zero-order valence-electron chi connectivity index (χ0n) is 32.1. The summed E-state index contributed by atoms with van der Waals surface area (Å²) in [6, 6.07) is 85.7. The summed E-state index contributed by atoms with van der Waals surface area (Å²) in [7, 11) is 0. The van der Waals surface area contributed by atoms with E-state index in [1.54, 1.807) is 0 Å². The van der Waals surface area contributed by atoms with Gasteiger partial charge in [0, 0.05) is 0 Å². The van der Waals surface area contributed by atoms with Gasteiger partial charge in [0.15, 0.2) is 0 Å². The first kappa shape index (κ1) is 39.6. The van der Waals surface area contributed by atoms with Gasteiger partial charge in [0.05, 0.1) is 0 Å². The van der Waals surface area contributed by atoms with Crippen molar-refractivity contribution in [3.8, 4) is 0 Å². The van der Waals surface area contributed by atoms with Crippen molar-refractivity contribution in [2.75, 3.05) is 0 Å². The SMILES string of the molecule is S.S.c1ccc2cc3ccccc3cc2c1.c1ccc2cc3ccccc3cc2c1.c1ccc2cc3ccccc3cc2c1.c1ccc2cc3ccccc3cc2c1. The topological polar surface area (TPSA) is 0 Å². The highest BCUT2D eigenvalue weighted by atomic mass is 32.1. The molecule has 0 aliphatic carbocycles. The number of rotatable bonds is 0. The molecule has 0 saturated heterocycles. The second-order valence-electron chi connectivity index (χ2n) is 14.2. The number of hydrogen-bond donors (Lipinski definition) is 0. The molecule has 0 aromatic heterocycles. The second kappa shape index (κ2) is 18.6. The molecule has 12 aromatic carbocycles. The van der Waals surface area contributed by atoms with Gasteiger partial charge in [-0.1, -0.05) is 194 Å². The third kappa shape index (κ3) is 9.01. The normalized spacial score (nSPS) is 10.5. The van der Waals surface area contributed by atoms with Crippen LogP contribution in [0.1, 0.15) is 0 Å². The highest BCUT2D eigenvalue weighted by Gasteiger charge is 1.98. The molecule has 12 rings (SSSR count). The van der Waals surface area contributed by atoms with Gasteiger partial charge < -0.3 is 0 Å². The predicted octanol–water partition coefficient (Wildman–Crippen LogP) is 16.2. The highest BCUT2D eigenvalue weighted by Crippen LogP contribution is 2.25. The summed E-state index contributed by atoms with van der Waals surface area (Å²) in [6.07, 6.45) is 0. The molecule has 0 fully saturated rings. The van der Waals surface area contributed by atoms with E-state index in [-0.39, 0.29) is 27.0 Å². The number of fused-ring (bicyclic) bond motifs is 8. The lowest BCUT2D eigenvalue weighted by molar-refractivity contribution is 1.76. The lowest BCUT2D eigenvalue weighted by atomic mass is 10.0. The Bertz CT molecular complexity index is 2410. The average molecular weight is 781 g/mol. The van der Waals surface area contributed by atoms with E-state index in [9.17, 15) is 0 Å². The molecule has 0 heterocycles. The van der Waals surface area contributed by atoms with Gasteiger partial charge in [-0.15, -0.1) is 0 Å². The van der Waals surface area contributed by atoms with Gasteiger partial charge >= 0.3 is 0 Å². The zero-order valence-corrected chi connectivity index (χ0v) is 34.1. The molecule has 280 valence electrons. The van der Waals surface area contributed by atoms with E-state index in [1.165, 1.54) is 86.2 Å². The van der Waals surface area contributed by atoms with Gasteiger partial charge in [0.2, 0.25) is 0 Å². The van der Waals surface area contributed by atoms with Crippen molar-refractivity contribution < 1.29 is 0 Å². The van der Waals surface area contributed by atoms with Crippen LogP contribution in [0.25, 0.3) is 86.2 Å². The Balaban J connectivity index is 0.000000116. The molecule has 0 nitrogen and oxygen atoms in total. The van der Waals surface area contributed by atoms with Crippen molar-refractivity contribution in [3.63, 3.8) is 0 Å². The van der Waals surface area contributed by atoms with Gasteiger partial charge in [-0.3, -0.25) is 0 Å². The second-order valence-corrected chi connectivity index (χ2v) is 14.2. The minimum Gasteiger partial charge on any atom is -0.197 e. The minimum absolute atomic E-state index is 0. The molecule has 0 saturated carbocycles. The molecule has 0 atom stereocenters. The fourth-order valence-corrected chi connectivity index (χ4v) is 7.53. The summed E-state index contributed by atoms with van der Waals surface area (Å²) < 4.78 is 0. The lowest BCUT2D eigenvalue weighted by Crippen LogP contribution is -1.74. The smallest absolute Gasteiger partial charge is 0.0178 e. The Hall–Kier alpha value is -6.58. The van der Waals surface area contributed by atoms with Crippen LogP contribution in [0.4, 0.5) is 0 Å². The largest absolute Gasteiger partial charge is 0.197 e. The first-order valence-electron chi connectivity index (χ1n) is 19.2. The summed E-state index contributed by atoms with van der Waals surface area (Å²) in [5, 5.41) is 21.0. The number of hydrogen-bond acceptors (Lipinski definition) is 0. The Labute approximate surface area is 353 Å². The first-order valence-corrected chi connectivity index (χ1v) is 19.2. The van der Waals surface area contributed by atoms with E-state index < -0.39 is 0 Å². The standard InChI is InChI=1S/4C14H10.2H2S/c4*1-2-6-12-10-14-8-4-3-7-13(14)9-11(12)5-1;;/h4*1-10H;2*1H2. The van der Waals surface area contributed by atoms with Gasteiger partial charge in [-0.05, 0) is 135 Å². The third-order valence-corrected chi connectivity index (χ3v) is 10.5. The molecule has 0 bridgehead atoms. The fourth-order valence-electron chi connectivity index (χ4n) is 7.53. The molecule has 0 unspecified atom stereocenters. The Kier molecular flexibility index (Phi) is 12.7. The number of benzene rings is 12. The molecule has 58 heavy (non-hydrogen) atoms. The van der Waals surface area contributed by atoms with Crippen molar-refractivity contribution in [2.24, 2.45) is 0 Å². The summed E-state index contributed by atoms with van der Waals surface area (Å²) in [5.41, 5.74) is 0. The molecule has 0 aliphatic heterocycles. The Morgan fingerprint density at radius 1 is 0.121 bits per heavy atom. The van der Waals surface area contributed by atoms with Crippen molar-refractivity contribution in [3.05, 3.63) is 243 Å². The maximum absolute atomic E-state index is 2.24. The van der Waals surface area contributed by atoms with Crippen molar-refractivity contribution in [1.82, 2.24) is 0 Å². The van der Waals surface area contributed by atoms with Crippen LogP contribution in [-0.2, 0) is 0 Å². The molecule has 0 radical (unpaired) electrons. The highest BCUT2D eigenvalue weighted by molar-refractivity contribution is 7.59. The van der Waals surface area contributed by atoms with E-state index in [2.05, 4.69) is 243 Å². The van der Waals surface area contributed by atoms with E-state index >= 15 is 0 Å². The van der Waals surface area contributed by atoms with Crippen LogP contribution in [-0.4, -0.2) is 0 Å². The van der Waals surface area contributed by atoms with Crippen LogP contribution in [0.5, 0.6) is 0 Å². The van der Waals surface area contributed by atoms with Crippen LogP contribution in [0.15, 0.2) is 243 Å². The molecule has 0 N–H and O–H groups in total. The van der Waals surface area contributed by atoms with Gasteiger partial charge in [-0.2, -0.15) is 27.0 Å². The maximum atomic E-state index is 2.24. The molecular weight excluding hydrogens is 737 g/mol. The van der Waals surface area contributed by atoms with Crippen LogP contribution in [0.2, 0.25) is 0 Å². The molecule has 12 aromatic rings. The maximum Gasteiger partial charge on any atom is -0.0178 e. The quantitative estimate of drug-likeness (QED) is 0.134. The predicted molar refractivity (Wildman–Crippen MR) is 267 cm³/mol. The molecule has 0 spiro atoms. The third-order valence-electron chi connectivity index (χ3n) is 10.5. The first-order chi connectivity index (χ1) is 27.7. The lowest BCUT2D eigenvalue weighted by Gasteiger charge is -2.00. The summed E-state index contributed by atoms with van der Waals surface area (Å²) in [6.45, 7) is 0. The van der Waals surface area contributed by atoms with Gasteiger partial charge in [0.1, 0.15) is 0 Å². The molecule has 0 aliphatic rings.